The molecule has 0 amide bonds. The lowest BCUT2D eigenvalue weighted by Gasteiger charge is -2.26. The number of carboxylic acids is 1. The van der Waals surface area contributed by atoms with Gasteiger partial charge in [-0.25, -0.2) is 0 Å². The molecule has 0 aromatic heterocycles. The van der Waals surface area contributed by atoms with Crippen LogP contribution in [0.2, 0.25) is 5.02 Å². The Hall–Kier alpha value is -1.34. The molecule has 0 bridgehead atoms. The van der Waals surface area contributed by atoms with Gasteiger partial charge in [-0.05, 0) is 37.1 Å². The summed E-state index contributed by atoms with van der Waals surface area (Å²) in [5.41, 5.74) is 1.01. The summed E-state index contributed by atoms with van der Waals surface area (Å²) in [5.74, 6) is -0.0680. The fourth-order valence-corrected chi connectivity index (χ4v) is 3.66. The maximum Gasteiger partial charge on any atom is 0.320 e. The van der Waals surface area contributed by atoms with Gasteiger partial charge >= 0.3 is 5.97 Å². The summed E-state index contributed by atoms with van der Waals surface area (Å²) in [5, 5.41) is 9.84. The van der Waals surface area contributed by atoms with Gasteiger partial charge in [0.15, 0.2) is 0 Å². The van der Waals surface area contributed by atoms with Crippen molar-refractivity contribution >= 4 is 17.6 Å². The lowest BCUT2D eigenvalue weighted by atomic mass is 10.1. The van der Waals surface area contributed by atoms with Crippen molar-refractivity contribution in [3.05, 3.63) is 28.8 Å². The van der Waals surface area contributed by atoms with Gasteiger partial charge in [0.25, 0.3) is 0 Å². The molecular weight excluding hydrogens is 344 g/mol. The highest BCUT2D eigenvalue weighted by molar-refractivity contribution is 6.32. The number of aliphatic carboxylic acids is 1. The van der Waals surface area contributed by atoms with Crippen LogP contribution in [0.25, 0.3) is 0 Å². The molecule has 1 aromatic rings. The zero-order chi connectivity index (χ0) is 17.6. The van der Waals surface area contributed by atoms with Gasteiger partial charge in [0, 0.05) is 26.2 Å². The summed E-state index contributed by atoms with van der Waals surface area (Å²) in [6.07, 6.45) is 1.64. The first-order chi connectivity index (χ1) is 12.1. The molecule has 7 heteroatoms. The number of benzene rings is 1. The highest BCUT2D eigenvalue weighted by atomic mass is 35.5. The molecule has 0 radical (unpaired) electrons. The molecule has 6 nitrogen and oxygen atoms in total. The van der Waals surface area contributed by atoms with Crippen LogP contribution < -0.4 is 4.74 Å². The van der Waals surface area contributed by atoms with E-state index in [1.807, 2.05) is 23.1 Å². The molecule has 1 N–H and O–H groups in total. The molecule has 25 heavy (non-hydrogen) atoms. The summed E-state index contributed by atoms with van der Waals surface area (Å²) in [4.78, 5) is 15.6. The maximum atomic E-state index is 11.3. The van der Waals surface area contributed by atoms with E-state index in [1.165, 1.54) is 0 Å². The summed E-state index contributed by atoms with van der Waals surface area (Å²) in [6, 6.07) is 5.34. The lowest BCUT2D eigenvalue weighted by Crippen LogP contribution is -2.38. The van der Waals surface area contributed by atoms with Crippen molar-refractivity contribution in [3.8, 4) is 5.75 Å². The smallest absolute Gasteiger partial charge is 0.320 e. The van der Waals surface area contributed by atoms with Gasteiger partial charge < -0.3 is 14.6 Å². The van der Waals surface area contributed by atoms with E-state index in [0.29, 0.717) is 30.3 Å². The van der Waals surface area contributed by atoms with Crippen molar-refractivity contribution in [3.63, 3.8) is 0 Å². The fraction of sp³-hybridized carbons (Fsp3) is 0.611. The van der Waals surface area contributed by atoms with Crippen molar-refractivity contribution in [2.75, 3.05) is 46.0 Å². The van der Waals surface area contributed by atoms with E-state index in [0.717, 1.165) is 51.4 Å². The van der Waals surface area contributed by atoms with E-state index in [4.69, 9.17) is 21.1 Å². The maximum absolute atomic E-state index is 11.3. The normalized spacial score (nSPS) is 22.2. The fourth-order valence-electron chi connectivity index (χ4n) is 3.40. The summed E-state index contributed by atoms with van der Waals surface area (Å²) in [7, 11) is 0. The summed E-state index contributed by atoms with van der Waals surface area (Å²) in [6.45, 7) is 6.30. The van der Waals surface area contributed by atoms with E-state index in [1.54, 1.807) is 0 Å². The molecule has 2 fully saturated rings. The van der Waals surface area contributed by atoms with Crippen LogP contribution >= 0.6 is 11.6 Å². The SMILES string of the molecule is O=C(O)C1CCCN1Cc1ccc(OCCN2CCOCC2)c(Cl)c1. The molecule has 2 heterocycles. The second kappa shape index (κ2) is 8.85. The number of likely N-dealkylation sites (tertiary alicyclic amines) is 1. The average Bonchev–Trinajstić information content (AvgIpc) is 3.06. The average molecular weight is 369 g/mol. The lowest BCUT2D eigenvalue weighted by molar-refractivity contribution is -0.142. The molecule has 0 saturated carbocycles. The minimum atomic E-state index is -0.744. The zero-order valence-corrected chi connectivity index (χ0v) is 15.1. The van der Waals surface area contributed by atoms with Crippen molar-refractivity contribution in [1.82, 2.24) is 9.80 Å². The molecule has 0 aliphatic carbocycles. The Bertz CT molecular complexity index is 592. The van der Waals surface area contributed by atoms with Crippen molar-refractivity contribution in [1.29, 1.82) is 0 Å². The number of hydrogen-bond acceptors (Lipinski definition) is 5. The molecule has 0 spiro atoms. The monoisotopic (exact) mass is 368 g/mol. The predicted molar refractivity (Wildman–Crippen MR) is 95.3 cm³/mol. The van der Waals surface area contributed by atoms with Crippen molar-refractivity contribution in [2.24, 2.45) is 0 Å². The topological polar surface area (TPSA) is 62.2 Å². The summed E-state index contributed by atoms with van der Waals surface area (Å²) >= 11 is 6.34. The number of nitrogens with zero attached hydrogens (tertiary/aromatic N) is 2. The first-order valence-corrected chi connectivity index (χ1v) is 9.19. The van der Waals surface area contributed by atoms with E-state index >= 15 is 0 Å². The van der Waals surface area contributed by atoms with E-state index in [9.17, 15) is 9.90 Å². The molecule has 2 saturated heterocycles. The zero-order valence-electron chi connectivity index (χ0n) is 14.3. The van der Waals surface area contributed by atoms with Crippen molar-refractivity contribution < 1.29 is 19.4 Å². The van der Waals surface area contributed by atoms with Gasteiger partial charge in [0.2, 0.25) is 0 Å². The second-order valence-electron chi connectivity index (χ2n) is 6.53. The third-order valence-electron chi connectivity index (χ3n) is 4.80. The number of hydrogen-bond donors (Lipinski definition) is 1. The van der Waals surface area contributed by atoms with Crippen LogP contribution in [0.15, 0.2) is 18.2 Å². The van der Waals surface area contributed by atoms with Crippen LogP contribution in [0.3, 0.4) is 0 Å². The Morgan fingerprint density at radius 1 is 1.32 bits per heavy atom. The Kier molecular flexibility index (Phi) is 6.53. The molecule has 1 unspecified atom stereocenters. The second-order valence-corrected chi connectivity index (χ2v) is 6.94. The Balaban J connectivity index is 1.51. The van der Waals surface area contributed by atoms with Crippen LogP contribution in [0, 0.1) is 0 Å². The van der Waals surface area contributed by atoms with E-state index < -0.39 is 5.97 Å². The Morgan fingerprint density at radius 2 is 2.12 bits per heavy atom. The Morgan fingerprint density at radius 3 is 2.84 bits per heavy atom. The molecule has 1 aromatic carbocycles. The minimum Gasteiger partial charge on any atom is -0.491 e. The minimum absolute atomic E-state index is 0.386. The standard InChI is InChI=1S/C18H25ClN2O4/c19-15-12-14(13-21-5-1-2-16(21)18(22)23)3-4-17(15)25-11-8-20-6-9-24-10-7-20/h3-4,12,16H,1-2,5-11,13H2,(H,22,23). The van der Waals surface area contributed by atoms with Crippen LogP contribution in [-0.2, 0) is 16.1 Å². The third-order valence-corrected chi connectivity index (χ3v) is 5.09. The number of carboxylic acid groups (broad SMARTS) is 1. The van der Waals surface area contributed by atoms with Gasteiger partial charge in [-0.2, -0.15) is 0 Å². The van der Waals surface area contributed by atoms with Crippen LogP contribution in [0.1, 0.15) is 18.4 Å². The van der Waals surface area contributed by atoms with Crippen LogP contribution in [0.5, 0.6) is 5.75 Å². The first-order valence-electron chi connectivity index (χ1n) is 8.81. The first kappa shape index (κ1) is 18.5. The molecule has 138 valence electrons. The predicted octanol–water partition coefficient (Wildman–Crippen LogP) is 2.10. The van der Waals surface area contributed by atoms with Gasteiger partial charge in [-0.15, -0.1) is 0 Å². The quantitative estimate of drug-likeness (QED) is 0.795. The van der Waals surface area contributed by atoms with Gasteiger partial charge in [-0.1, -0.05) is 17.7 Å². The number of carbonyl (C=O) groups is 1. The molecule has 3 rings (SSSR count). The number of halogens is 1. The largest absolute Gasteiger partial charge is 0.491 e. The number of ether oxygens (including phenoxy) is 2. The summed E-state index contributed by atoms with van der Waals surface area (Å²) < 4.78 is 11.1. The highest BCUT2D eigenvalue weighted by Gasteiger charge is 2.30. The van der Waals surface area contributed by atoms with E-state index in [2.05, 4.69) is 4.90 Å². The highest BCUT2D eigenvalue weighted by Crippen LogP contribution is 2.27. The van der Waals surface area contributed by atoms with Crippen molar-refractivity contribution in [2.45, 2.75) is 25.4 Å². The Labute approximate surface area is 153 Å². The van der Waals surface area contributed by atoms with Crippen LogP contribution in [-0.4, -0.2) is 72.9 Å². The molecular formula is C18H25ClN2O4. The molecule has 2 aliphatic rings. The van der Waals surface area contributed by atoms with Crippen LogP contribution in [0.4, 0.5) is 0 Å². The van der Waals surface area contributed by atoms with E-state index in [-0.39, 0.29) is 6.04 Å². The van der Waals surface area contributed by atoms with Gasteiger partial charge in [-0.3, -0.25) is 14.6 Å². The molecule has 2 aliphatic heterocycles. The van der Waals surface area contributed by atoms with Gasteiger partial charge in [0.05, 0.1) is 18.2 Å². The number of morpholine rings is 1. The molecule has 1 atom stereocenters. The number of rotatable bonds is 7. The van der Waals surface area contributed by atoms with Gasteiger partial charge in [0.1, 0.15) is 18.4 Å². The third kappa shape index (κ3) is 5.07.